The molecule has 33 heavy (non-hydrogen) atoms. The Hall–Kier alpha value is -4.10. The number of carbonyl (C=O) groups is 1. The Morgan fingerprint density at radius 1 is 1.30 bits per heavy atom. The predicted molar refractivity (Wildman–Crippen MR) is 120 cm³/mol. The molecule has 0 saturated heterocycles. The highest BCUT2D eigenvalue weighted by Gasteiger charge is 2.31. The van der Waals surface area contributed by atoms with Gasteiger partial charge in [0.15, 0.2) is 11.6 Å². The number of ketones is 1. The highest BCUT2D eigenvalue weighted by atomic mass is 32.1. The molecule has 0 saturated carbocycles. The number of halogens is 1. The molecule has 164 valence electrons. The van der Waals surface area contributed by atoms with Gasteiger partial charge in [-0.15, -0.1) is 11.3 Å². The van der Waals surface area contributed by atoms with Crippen LogP contribution in [0, 0.1) is 24.1 Å². The second-order valence-corrected chi connectivity index (χ2v) is 8.85. The molecule has 0 radical (unpaired) electrons. The van der Waals surface area contributed by atoms with Crippen molar-refractivity contribution in [2.75, 3.05) is 5.73 Å². The van der Waals surface area contributed by atoms with Crippen molar-refractivity contribution >= 4 is 22.9 Å². The number of nitriles is 1. The van der Waals surface area contributed by atoms with E-state index >= 15 is 0 Å². The van der Waals surface area contributed by atoms with E-state index in [-0.39, 0.29) is 28.7 Å². The summed E-state index contributed by atoms with van der Waals surface area (Å²) < 4.78 is 21.7. The van der Waals surface area contributed by atoms with Crippen LogP contribution in [0.25, 0.3) is 22.4 Å². The van der Waals surface area contributed by atoms with E-state index in [4.69, 9.17) is 10.5 Å². The maximum atomic E-state index is 14.2. The van der Waals surface area contributed by atoms with Crippen molar-refractivity contribution in [1.29, 1.82) is 5.26 Å². The number of benzene rings is 1. The molecule has 1 aliphatic heterocycles. The van der Waals surface area contributed by atoms with E-state index in [1.165, 1.54) is 34.3 Å². The largest absolute Gasteiger partial charge is 0.482 e. The van der Waals surface area contributed by atoms with Crippen molar-refractivity contribution < 1.29 is 13.9 Å². The van der Waals surface area contributed by atoms with Crippen LogP contribution in [-0.2, 0) is 7.05 Å². The van der Waals surface area contributed by atoms with Crippen LogP contribution in [0.4, 0.5) is 10.2 Å². The number of nitrogen functional groups attached to an aromatic ring is 1. The molecule has 0 unspecified atom stereocenters. The smallest absolute Gasteiger partial charge is 0.226 e. The van der Waals surface area contributed by atoms with Crippen molar-refractivity contribution in [3.63, 3.8) is 0 Å². The first-order valence-corrected chi connectivity index (χ1v) is 10.8. The van der Waals surface area contributed by atoms with Crippen molar-refractivity contribution in [2.45, 2.75) is 20.0 Å². The number of nitrogens with two attached hydrogens (primary N) is 1. The average molecular weight is 460 g/mol. The van der Waals surface area contributed by atoms with Crippen molar-refractivity contribution in [3.05, 3.63) is 63.1 Å². The van der Waals surface area contributed by atoms with Crippen LogP contribution in [0.5, 0.6) is 5.75 Å². The molecule has 0 spiro atoms. The van der Waals surface area contributed by atoms with E-state index in [2.05, 4.69) is 21.1 Å². The third kappa shape index (κ3) is 3.25. The first-order chi connectivity index (χ1) is 15.8. The number of thiazole rings is 1. The van der Waals surface area contributed by atoms with E-state index in [1.807, 2.05) is 0 Å². The molecule has 0 aliphatic carbocycles. The second-order valence-electron chi connectivity index (χ2n) is 7.65. The van der Waals surface area contributed by atoms with E-state index < -0.39 is 11.9 Å². The normalized spacial score (nSPS) is 14.8. The molecule has 2 N–H and O–H groups in total. The summed E-state index contributed by atoms with van der Waals surface area (Å²) in [5, 5.41) is 14.8. The summed E-state index contributed by atoms with van der Waals surface area (Å²) in [6.07, 6.45) is 0.836. The average Bonchev–Trinajstić information content (AvgIpc) is 3.33. The Balaban J connectivity index is 1.90. The van der Waals surface area contributed by atoms with Crippen LogP contribution >= 0.6 is 11.3 Å². The molecule has 10 heteroatoms. The summed E-state index contributed by atoms with van der Waals surface area (Å²) in [7, 11) is 1.60. The van der Waals surface area contributed by atoms with Gasteiger partial charge in [0.2, 0.25) is 5.78 Å². The minimum Gasteiger partial charge on any atom is -0.482 e. The summed E-state index contributed by atoms with van der Waals surface area (Å²) in [6, 6.07) is 7.99. The second kappa shape index (κ2) is 7.50. The molecule has 0 fully saturated rings. The molecule has 1 atom stereocenters. The number of hydrogen-bond donors (Lipinski definition) is 1. The van der Waals surface area contributed by atoms with E-state index in [0.29, 0.717) is 37.8 Å². The van der Waals surface area contributed by atoms with Gasteiger partial charge in [0, 0.05) is 29.9 Å². The van der Waals surface area contributed by atoms with E-state index in [1.54, 1.807) is 33.0 Å². The van der Waals surface area contributed by atoms with Crippen LogP contribution in [0.2, 0.25) is 0 Å². The fraction of sp³-hybridized carbons (Fsp3) is 0.174. The minimum atomic E-state index is -0.636. The van der Waals surface area contributed by atoms with Gasteiger partial charge < -0.3 is 10.5 Å². The number of hydrogen-bond acceptors (Lipinski definition) is 8. The molecule has 8 nitrogen and oxygen atoms in total. The highest BCUT2D eigenvalue weighted by molar-refractivity contribution is 7.14. The summed E-state index contributed by atoms with van der Waals surface area (Å²) in [5.74, 6) is -0.454. The number of aromatic nitrogens is 4. The number of carbonyl (C=O) groups excluding carboxylic acids is 1. The Morgan fingerprint density at radius 3 is 2.85 bits per heavy atom. The zero-order valence-electron chi connectivity index (χ0n) is 17.9. The summed E-state index contributed by atoms with van der Waals surface area (Å²) >= 11 is 1.22. The molecule has 1 aromatic carbocycles. The van der Waals surface area contributed by atoms with Crippen molar-refractivity contribution in [3.8, 4) is 34.2 Å². The zero-order valence-corrected chi connectivity index (χ0v) is 18.7. The summed E-state index contributed by atoms with van der Waals surface area (Å²) in [6.45, 7) is 3.55. The number of pyridine rings is 1. The summed E-state index contributed by atoms with van der Waals surface area (Å²) in [5.41, 5.74) is 8.64. The fourth-order valence-electron chi connectivity index (χ4n) is 3.98. The van der Waals surface area contributed by atoms with Gasteiger partial charge in [-0.25, -0.2) is 14.4 Å². The fourth-order valence-corrected chi connectivity index (χ4v) is 4.86. The number of aryl methyl sites for hydroxylation is 2. The predicted octanol–water partition coefficient (Wildman–Crippen LogP) is 4.19. The number of anilines is 1. The maximum absolute atomic E-state index is 14.2. The lowest BCUT2D eigenvalue weighted by molar-refractivity contribution is 0.103. The Kier molecular flexibility index (Phi) is 4.72. The van der Waals surface area contributed by atoms with Gasteiger partial charge in [-0.1, -0.05) is 0 Å². The lowest BCUT2D eigenvalue weighted by Gasteiger charge is -2.20. The van der Waals surface area contributed by atoms with E-state index in [9.17, 15) is 14.4 Å². The van der Waals surface area contributed by atoms with Gasteiger partial charge in [0.05, 0.1) is 16.3 Å². The lowest BCUT2D eigenvalue weighted by atomic mass is 9.96. The van der Waals surface area contributed by atoms with Gasteiger partial charge in [0.25, 0.3) is 0 Å². The van der Waals surface area contributed by atoms with Crippen molar-refractivity contribution in [2.24, 2.45) is 7.05 Å². The third-order valence-corrected chi connectivity index (χ3v) is 6.46. The number of nitrogens with zero attached hydrogens (tertiary/aromatic N) is 5. The van der Waals surface area contributed by atoms with E-state index in [0.717, 1.165) is 0 Å². The molecule has 1 aliphatic rings. The van der Waals surface area contributed by atoms with Crippen LogP contribution in [0.15, 0.2) is 30.5 Å². The number of ether oxygens (including phenoxy) is 1. The number of rotatable bonds is 0. The molecular weight excluding hydrogens is 443 g/mol. The molecule has 3 aromatic heterocycles. The van der Waals surface area contributed by atoms with Crippen LogP contribution in [0.3, 0.4) is 0 Å². The summed E-state index contributed by atoms with van der Waals surface area (Å²) in [4.78, 5) is 22.9. The Labute approximate surface area is 192 Å². The van der Waals surface area contributed by atoms with Crippen molar-refractivity contribution in [1.82, 2.24) is 19.7 Å². The molecule has 4 heterocycles. The van der Waals surface area contributed by atoms with Crippen LogP contribution in [0.1, 0.15) is 44.7 Å². The monoisotopic (exact) mass is 460 g/mol. The third-order valence-electron chi connectivity index (χ3n) is 5.49. The van der Waals surface area contributed by atoms with Crippen LogP contribution in [-0.4, -0.2) is 25.5 Å². The molecule has 0 amide bonds. The standard InChI is InChI=1S/C23H17FN6O2S/c1-10-15-7-13(24)4-5-14(15)19-22(33-11(2)28-19)21(31)20-18(16(8-25)30(3)29-20)12-6-17(32-10)23(26)27-9-12/h4-7,9-10H,1-3H3,(H2,26,27)/t10-/m1/s1. The molecular formula is C23H17FN6O2S. The first kappa shape index (κ1) is 20.8. The molecule has 4 aromatic rings. The Bertz CT molecular complexity index is 1500. The maximum Gasteiger partial charge on any atom is 0.226 e. The van der Waals surface area contributed by atoms with Gasteiger partial charge in [-0.3, -0.25) is 9.48 Å². The molecule has 2 bridgehead atoms. The molecule has 5 rings (SSSR count). The lowest BCUT2D eigenvalue weighted by Crippen LogP contribution is -2.11. The highest BCUT2D eigenvalue weighted by Crippen LogP contribution is 2.40. The number of fused-ring (bicyclic) bond motifs is 7. The quantitative estimate of drug-likeness (QED) is 0.418. The zero-order chi connectivity index (χ0) is 23.4. The topological polar surface area (TPSA) is 120 Å². The first-order valence-electron chi connectivity index (χ1n) is 10.00. The van der Waals surface area contributed by atoms with Crippen LogP contribution < -0.4 is 10.5 Å². The van der Waals surface area contributed by atoms with Gasteiger partial charge in [-0.05, 0) is 38.1 Å². The van der Waals surface area contributed by atoms with Gasteiger partial charge in [-0.2, -0.15) is 10.4 Å². The Morgan fingerprint density at radius 2 is 2.09 bits per heavy atom. The van der Waals surface area contributed by atoms with Gasteiger partial charge >= 0.3 is 0 Å². The SMILES string of the molecule is Cc1nc2c(s1)C(=O)c1nn(C)c(C#N)c1-c1cnc(N)c(c1)O[C@H](C)c1cc(F)ccc1-2. The minimum absolute atomic E-state index is 0.0914. The van der Waals surface area contributed by atoms with Gasteiger partial charge in [0.1, 0.15) is 34.3 Å².